The summed E-state index contributed by atoms with van der Waals surface area (Å²) in [4.78, 5) is 30.9. The highest BCUT2D eigenvalue weighted by Gasteiger charge is 2.47. The van der Waals surface area contributed by atoms with Gasteiger partial charge in [0, 0.05) is 37.0 Å². The molecular weight excluding hydrogens is 466 g/mol. The number of fused-ring (bicyclic) bond motifs is 1. The molecule has 1 saturated heterocycles. The minimum absolute atomic E-state index is 0.0352. The first-order valence-electron chi connectivity index (χ1n) is 12.9. The Balaban J connectivity index is 1.17. The van der Waals surface area contributed by atoms with Crippen LogP contribution in [0.5, 0.6) is 5.75 Å². The van der Waals surface area contributed by atoms with E-state index >= 15 is 0 Å². The summed E-state index contributed by atoms with van der Waals surface area (Å²) in [7, 11) is 1.64. The Morgan fingerprint density at radius 1 is 1.03 bits per heavy atom. The molecule has 2 fully saturated rings. The molecule has 1 aliphatic carbocycles. The Morgan fingerprint density at radius 2 is 1.86 bits per heavy atom. The van der Waals surface area contributed by atoms with Gasteiger partial charge in [0.25, 0.3) is 5.91 Å². The van der Waals surface area contributed by atoms with E-state index in [9.17, 15) is 9.59 Å². The zero-order valence-electron chi connectivity index (χ0n) is 21.2. The first-order valence-corrected chi connectivity index (χ1v) is 12.9. The molecule has 2 unspecified atom stereocenters. The lowest BCUT2D eigenvalue weighted by atomic mass is 10.1. The first kappa shape index (κ1) is 23.4. The fourth-order valence-corrected chi connectivity index (χ4v) is 5.64. The van der Waals surface area contributed by atoms with Gasteiger partial charge in [-0.2, -0.15) is 0 Å². The highest BCUT2D eigenvalue weighted by molar-refractivity contribution is 5.98. The maximum atomic E-state index is 13.7. The number of rotatable bonds is 6. The van der Waals surface area contributed by atoms with Crippen molar-refractivity contribution in [2.45, 2.75) is 31.8 Å². The van der Waals surface area contributed by atoms with Crippen LogP contribution in [0, 0.1) is 5.92 Å². The monoisotopic (exact) mass is 497 g/mol. The maximum absolute atomic E-state index is 13.7. The summed E-state index contributed by atoms with van der Waals surface area (Å²) >= 11 is 0. The Bertz CT molecular complexity index is 1440. The number of carbonyl (C=O) groups is 2. The summed E-state index contributed by atoms with van der Waals surface area (Å²) in [5.41, 5.74) is 3.52. The lowest BCUT2D eigenvalue weighted by Gasteiger charge is -2.40. The van der Waals surface area contributed by atoms with Crippen molar-refractivity contribution in [2.24, 2.45) is 5.92 Å². The van der Waals surface area contributed by atoms with Crippen LogP contribution in [0.4, 0.5) is 0 Å². The largest absolute Gasteiger partial charge is 0.497 e. The summed E-state index contributed by atoms with van der Waals surface area (Å²) in [6, 6.07) is 21.9. The molecule has 0 radical (unpaired) electrons. The molecule has 2 aliphatic rings. The summed E-state index contributed by atoms with van der Waals surface area (Å²) in [5, 5.41) is 0.897. The first-order chi connectivity index (χ1) is 18.0. The van der Waals surface area contributed by atoms with E-state index in [-0.39, 0.29) is 23.8 Å². The van der Waals surface area contributed by atoms with Gasteiger partial charge in [0.15, 0.2) is 0 Å². The molecular formula is C30H31N3O4. The van der Waals surface area contributed by atoms with Crippen molar-refractivity contribution in [3.8, 4) is 5.75 Å². The number of ether oxygens (including phenoxy) is 1. The van der Waals surface area contributed by atoms with Gasteiger partial charge in [-0.1, -0.05) is 42.5 Å². The van der Waals surface area contributed by atoms with Crippen molar-refractivity contribution in [3.63, 3.8) is 0 Å². The van der Waals surface area contributed by atoms with E-state index in [1.54, 1.807) is 13.4 Å². The van der Waals surface area contributed by atoms with Gasteiger partial charge in [0.2, 0.25) is 11.6 Å². The third-order valence-electron chi connectivity index (χ3n) is 7.73. The van der Waals surface area contributed by atoms with Crippen LogP contribution < -0.4 is 4.74 Å². The van der Waals surface area contributed by atoms with Crippen molar-refractivity contribution < 1.29 is 18.7 Å². The third-order valence-corrected chi connectivity index (χ3v) is 7.73. The van der Waals surface area contributed by atoms with Crippen LogP contribution in [-0.4, -0.2) is 59.0 Å². The van der Waals surface area contributed by atoms with Crippen molar-refractivity contribution in [2.75, 3.05) is 26.7 Å². The van der Waals surface area contributed by atoms with Gasteiger partial charge < -0.3 is 23.5 Å². The van der Waals surface area contributed by atoms with E-state index in [1.165, 1.54) is 5.56 Å². The molecule has 2 aromatic carbocycles. The second-order valence-electron chi connectivity index (χ2n) is 10.1. The number of furan rings is 1. The average Bonchev–Trinajstić information content (AvgIpc) is 3.48. The van der Waals surface area contributed by atoms with Crippen LogP contribution in [-0.2, 0) is 11.3 Å². The van der Waals surface area contributed by atoms with Gasteiger partial charge in [-0.05, 0) is 54.7 Å². The molecule has 1 saturated carbocycles. The number of methoxy groups -OCH3 is 1. The number of carbonyl (C=O) groups excluding carboxylic acids is 2. The molecule has 7 nitrogen and oxygen atoms in total. The predicted octanol–water partition coefficient (Wildman–Crippen LogP) is 4.77. The van der Waals surface area contributed by atoms with Crippen molar-refractivity contribution >= 4 is 22.9 Å². The summed E-state index contributed by atoms with van der Waals surface area (Å²) in [6.45, 7) is 4.11. The Kier molecular flexibility index (Phi) is 5.99. The van der Waals surface area contributed by atoms with Gasteiger partial charge in [-0.25, -0.2) is 0 Å². The lowest BCUT2D eigenvalue weighted by Crippen LogP contribution is -2.56. The number of piperazine rings is 1. The van der Waals surface area contributed by atoms with Crippen LogP contribution in [0.1, 0.15) is 40.9 Å². The normalized spacial score (nSPS) is 21.3. The minimum atomic E-state index is -0.0400. The Morgan fingerprint density at radius 3 is 2.65 bits per heavy atom. The van der Waals surface area contributed by atoms with Gasteiger partial charge in [-0.3, -0.25) is 9.59 Å². The van der Waals surface area contributed by atoms with Crippen LogP contribution in [0.2, 0.25) is 0 Å². The van der Waals surface area contributed by atoms with Crippen molar-refractivity contribution in [3.05, 3.63) is 89.8 Å². The molecule has 0 spiro atoms. The van der Waals surface area contributed by atoms with Crippen LogP contribution in [0.15, 0.2) is 77.4 Å². The van der Waals surface area contributed by atoms with Gasteiger partial charge in [0.1, 0.15) is 11.4 Å². The van der Waals surface area contributed by atoms with E-state index in [4.69, 9.17) is 9.15 Å². The molecule has 37 heavy (non-hydrogen) atoms. The second-order valence-corrected chi connectivity index (χ2v) is 10.1. The fraction of sp³-hybridized carbons (Fsp3) is 0.333. The molecule has 4 aromatic rings. The van der Waals surface area contributed by atoms with Crippen molar-refractivity contribution in [1.82, 2.24) is 14.4 Å². The van der Waals surface area contributed by atoms with E-state index in [1.807, 2.05) is 75.9 Å². The van der Waals surface area contributed by atoms with Crippen LogP contribution in [0.3, 0.4) is 0 Å². The molecule has 2 amide bonds. The lowest BCUT2D eigenvalue weighted by molar-refractivity contribution is -0.136. The highest BCUT2D eigenvalue weighted by atomic mass is 16.5. The third kappa shape index (κ3) is 4.39. The van der Waals surface area contributed by atoms with Crippen LogP contribution >= 0.6 is 0 Å². The summed E-state index contributed by atoms with van der Waals surface area (Å²) in [6.07, 6.45) is 2.56. The Labute approximate surface area is 216 Å². The molecule has 0 N–H and O–H groups in total. The fourth-order valence-electron chi connectivity index (χ4n) is 5.64. The number of aromatic nitrogens is 1. The maximum Gasteiger partial charge on any atom is 0.270 e. The van der Waals surface area contributed by atoms with Crippen LogP contribution in [0.25, 0.3) is 11.1 Å². The SMILES string of the molecule is COc1cccc(Cn2c(C(=O)N3CCN(C(=O)C4C[C@H]4c4ccccc4)C(C)C3)cc3ccoc32)c1. The quantitative estimate of drug-likeness (QED) is 0.385. The molecule has 2 aromatic heterocycles. The number of amides is 2. The molecule has 190 valence electrons. The summed E-state index contributed by atoms with van der Waals surface area (Å²) < 4.78 is 13.1. The molecule has 7 heteroatoms. The van der Waals surface area contributed by atoms with Gasteiger partial charge in [0.05, 0.1) is 19.9 Å². The predicted molar refractivity (Wildman–Crippen MR) is 141 cm³/mol. The molecule has 6 rings (SSSR count). The van der Waals surface area contributed by atoms with E-state index < -0.39 is 0 Å². The van der Waals surface area contributed by atoms with Gasteiger partial charge >= 0.3 is 0 Å². The zero-order chi connectivity index (χ0) is 25.5. The highest BCUT2D eigenvalue weighted by Crippen LogP contribution is 2.48. The topological polar surface area (TPSA) is 67.9 Å². The number of benzene rings is 2. The van der Waals surface area contributed by atoms with Crippen molar-refractivity contribution in [1.29, 1.82) is 0 Å². The number of nitrogens with zero attached hydrogens (tertiary/aromatic N) is 3. The second kappa shape index (κ2) is 9.47. The molecule has 0 bridgehead atoms. The molecule has 3 heterocycles. The van der Waals surface area contributed by atoms with E-state index in [0.29, 0.717) is 43.5 Å². The summed E-state index contributed by atoms with van der Waals surface area (Å²) in [5.74, 6) is 1.32. The number of hydrogen-bond donors (Lipinski definition) is 0. The standard InChI is InChI=1S/C30H31N3O4/c1-20-18-31(12-13-32(20)28(34)26-17-25(26)22-8-4-3-5-9-22)29(35)27-16-23-11-14-37-30(23)33(27)19-21-7-6-10-24(15-21)36-2/h3-11,14-16,20,25-26H,12-13,17-19H2,1-2H3/t20?,25-,26?/m0/s1. The minimum Gasteiger partial charge on any atom is -0.497 e. The Hall–Kier alpha value is -4.00. The molecule has 1 aliphatic heterocycles. The number of hydrogen-bond acceptors (Lipinski definition) is 4. The van der Waals surface area contributed by atoms with E-state index in [2.05, 4.69) is 12.1 Å². The smallest absolute Gasteiger partial charge is 0.270 e. The average molecular weight is 498 g/mol. The zero-order valence-corrected chi connectivity index (χ0v) is 21.2. The van der Waals surface area contributed by atoms with E-state index in [0.717, 1.165) is 23.1 Å². The molecule has 3 atom stereocenters. The van der Waals surface area contributed by atoms with Gasteiger partial charge in [-0.15, -0.1) is 0 Å².